The molecule has 0 fully saturated rings. The number of carbonyl (C=O) groups excluding carboxylic acids is 2. The summed E-state index contributed by atoms with van der Waals surface area (Å²) in [4.78, 5) is 27.5. The highest BCUT2D eigenvalue weighted by atomic mass is 16.3. The van der Waals surface area contributed by atoms with Gasteiger partial charge in [-0.2, -0.15) is 0 Å². The molecule has 4 nitrogen and oxygen atoms in total. The molecule has 0 aromatic heterocycles. The molecule has 0 saturated heterocycles. The van der Waals surface area contributed by atoms with E-state index in [1.807, 2.05) is 32.9 Å². The Hall–Kier alpha value is -1.55. The lowest BCUT2D eigenvalue weighted by Crippen LogP contribution is -2.40. The second kappa shape index (κ2) is 17.8. The highest BCUT2D eigenvalue weighted by Gasteiger charge is 2.37. The van der Waals surface area contributed by atoms with Gasteiger partial charge in [0.1, 0.15) is 12.1 Å². The number of carbonyl (C=O) groups is 2. The zero-order chi connectivity index (χ0) is 26.1. The summed E-state index contributed by atoms with van der Waals surface area (Å²) in [7, 11) is 0. The van der Waals surface area contributed by atoms with Crippen LogP contribution >= 0.6 is 0 Å². The van der Waals surface area contributed by atoms with Crippen molar-refractivity contribution in [1.29, 1.82) is 0 Å². The number of hydrogen-bond donors (Lipinski definition) is 1. The van der Waals surface area contributed by atoms with E-state index in [9.17, 15) is 14.7 Å². The minimum Gasteiger partial charge on any atom is -0.392 e. The largest absolute Gasteiger partial charge is 0.392 e. The number of unbranched alkanes of at least 4 members (excludes halogenated alkanes) is 2. The van der Waals surface area contributed by atoms with Crippen molar-refractivity contribution in [2.75, 3.05) is 0 Å². The molecule has 0 saturated carbocycles. The lowest BCUT2D eigenvalue weighted by molar-refractivity contribution is -0.138. The standard InChI is InChI=1S/C22H42O3.C8H11N/c1-7-11-17(2)12-9-8-10-13-18(3)16-19(4)21(25)22(5,6)20(24)14-15-23;1-3-4-8-6-5-7(2)9-8/h15,17-20,24H,7-14,16H2,1-6H3;3-4,6H,5H2,1-2H3/b;4-3-/t17-,18?,19?,20?;/m1./s1. The minimum atomic E-state index is -0.889. The molecule has 4 atom stereocenters. The third kappa shape index (κ3) is 13.4. The maximum absolute atomic E-state index is 12.7. The van der Waals surface area contributed by atoms with Crippen LogP contribution in [0, 0.1) is 23.2 Å². The van der Waals surface area contributed by atoms with E-state index in [1.54, 1.807) is 13.8 Å². The molecule has 196 valence electrons. The fourth-order valence-corrected chi connectivity index (χ4v) is 4.65. The molecule has 1 heterocycles. The van der Waals surface area contributed by atoms with Crippen molar-refractivity contribution in [1.82, 2.24) is 0 Å². The second-order valence-corrected chi connectivity index (χ2v) is 11.0. The lowest BCUT2D eigenvalue weighted by Gasteiger charge is -2.31. The molecule has 1 N–H and O–H groups in total. The normalized spacial score (nSPS) is 17.3. The van der Waals surface area contributed by atoms with Gasteiger partial charge in [0.15, 0.2) is 0 Å². The highest BCUT2D eigenvalue weighted by molar-refractivity contribution is 5.87. The molecule has 4 heteroatoms. The quantitative estimate of drug-likeness (QED) is 0.182. The molecular weight excluding hydrogens is 422 g/mol. The Kier molecular flexibility index (Phi) is 17.0. The molecule has 0 amide bonds. The molecule has 0 bridgehead atoms. The average Bonchev–Trinajstić information content (AvgIpc) is 3.18. The number of aliphatic hydroxyl groups is 1. The first kappa shape index (κ1) is 32.5. The number of aliphatic hydroxyl groups excluding tert-OH is 1. The van der Waals surface area contributed by atoms with E-state index in [-0.39, 0.29) is 18.1 Å². The molecule has 0 aliphatic carbocycles. The van der Waals surface area contributed by atoms with Crippen LogP contribution < -0.4 is 0 Å². The van der Waals surface area contributed by atoms with Crippen molar-refractivity contribution in [3.8, 4) is 0 Å². The van der Waals surface area contributed by atoms with E-state index in [0.717, 1.165) is 30.9 Å². The lowest BCUT2D eigenvalue weighted by atomic mass is 9.74. The van der Waals surface area contributed by atoms with Crippen LogP contribution in [0.4, 0.5) is 0 Å². The van der Waals surface area contributed by atoms with Gasteiger partial charge in [-0.1, -0.05) is 98.6 Å². The third-order valence-electron chi connectivity index (χ3n) is 6.93. The van der Waals surface area contributed by atoms with Crippen molar-refractivity contribution in [3.05, 3.63) is 23.9 Å². The van der Waals surface area contributed by atoms with Gasteiger partial charge in [-0.05, 0) is 38.2 Å². The number of hydrogen-bond acceptors (Lipinski definition) is 4. The topological polar surface area (TPSA) is 66.7 Å². The van der Waals surface area contributed by atoms with E-state index >= 15 is 0 Å². The summed E-state index contributed by atoms with van der Waals surface area (Å²) in [5.41, 5.74) is 1.47. The van der Waals surface area contributed by atoms with E-state index in [0.29, 0.717) is 12.2 Å². The van der Waals surface area contributed by atoms with E-state index in [2.05, 4.69) is 31.8 Å². The minimum absolute atomic E-state index is 0.0253. The zero-order valence-corrected chi connectivity index (χ0v) is 23.4. The van der Waals surface area contributed by atoms with Crippen LogP contribution in [0.5, 0.6) is 0 Å². The van der Waals surface area contributed by atoms with Crippen molar-refractivity contribution in [3.63, 3.8) is 0 Å². The van der Waals surface area contributed by atoms with Crippen LogP contribution in [0.1, 0.15) is 120 Å². The number of aldehydes is 1. The van der Waals surface area contributed by atoms with Crippen LogP contribution in [0.15, 0.2) is 28.9 Å². The molecule has 0 aromatic carbocycles. The number of rotatable bonds is 16. The maximum Gasteiger partial charge on any atom is 0.143 e. The van der Waals surface area contributed by atoms with Crippen LogP contribution in [0.2, 0.25) is 0 Å². The Bertz CT molecular complexity index is 675. The van der Waals surface area contributed by atoms with Gasteiger partial charge in [0.25, 0.3) is 0 Å². The van der Waals surface area contributed by atoms with Gasteiger partial charge in [-0.25, -0.2) is 0 Å². The van der Waals surface area contributed by atoms with Gasteiger partial charge >= 0.3 is 0 Å². The molecule has 1 aliphatic rings. The van der Waals surface area contributed by atoms with Crippen LogP contribution in [0.25, 0.3) is 0 Å². The van der Waals surface area contributed by atoms with E-state index < -0.39 is 11.5 Å². The first-order valence-corrected chi connectivity index (χ1v) is 13.5. The summed E-state index contributed by atoms with van der Waals surface area (Å²) in [6, 6.07) is 0. The van der Waals surface area contributed by atoms with Crippen molar-refractivity contribution in [2.24, 2.45) is 28.2 Å². The molecule has 0 spiro atoms. The number of Topliss-reactive ketones (excluding diaryl/α,β-unsaturated/α-hetero) is 1. The van der Waals surface area contributed by atoms with E-state index in [4.69, 9.17) is 0 Å². The number of ketones is 1. The number of nitrogens with zero attached hydrogens (tertiary/aromatic N) is 1. The van der Waals surface area contributed by atoms with E-state index in [1.165, 1.54) is 44.2 Å². The van der Waals surface area contributed by atoms with Crippen molar-refractivity contribution < 1.29 is 14.7 Å². The molecule has 1 rings (SSSR count). The summed E-state index contributed by atoms with van der Waals surface area (Å²) < 4.78 is 0. The number of aliphatic imine (C=N–C) groups is 1. The summed E-state index contributed by atoms with van der Waals surface area (Å²) in [6.45, 7) is 16.3. The Morgan fingerprint density at radius 1 is 1.12 bits per heavy atom. The first-order valence-electron chi connectivity index (χ1n) is 13.5. The van der Waals surface area contributed by atoms with Gasteiger partial charge < -0.3 is 9.90 Å². The monoisotopic (exact) mass is 475 g/mol. The smallest absolute Gasteiger partial charge is 0.143 e. The van der Waals surface area contributed by atoms with Crippen LogP contribution in [-0.4, -0.2) is 29.0 Å². The molecular formula is C30H53NO3. The predicted octanol–water partition coefficient (Wildman–Crippen LogP) is 7.89. The predicted molar refractivity (Wildman–Crippen MR) is 146 cm³/mol. The Balaban J connectivity index is 0.000000999. The molecule has 1 aliphatic heterocycles. The fraction of sp³-hybridized carbons (Fsp3) is 0.767. The van der Waals surface area contributed by atoms with Crippen LogP contribution in [-0.2, 0) is 9.59 Å². The Labute approximate surface area is 210 Å². The van der Waals surface area contributed by atoms with Gasteiger partial charge in [-0.15, -0.1) is 0 Å². The Morgan fingerprint density at radius 2 is 1.74 bits per heavy atom. The zero-order valence-electron chi connectivity index (χ0n) is 23.4. The van der Waals surface area contributed by atoms with Gasteiger partial charge in [0.05, 0.1) is 11.8 Å². The van der Waals surface area contributed by atoms with Gasteiger partial charge in [0, 0.05) is 29.9 Å². The molecule has 0 radical (unpaired) electrons. The summed E-state index contributed by atoms with van der Waals surface area (Å²) in [5, 5.41) is 10.1. The van der Waals surface area contributed by atoms with Gasteiger partial charge in [0.2, 0.25) is 0 Å². The fourth-order valence-electron chi connectivity index (χ4n) is 4.65. The molecule has 0 aromatic rings. The maximum atomic E-state index is 12.7. The summed E-state index contributed by atoms with van der Waals surface area (Å²) in [5.74, 6) is 1.36. The average molecular weight is 476 g/mol. The Morgan fingerprint density at radius 3 is 2.24 bits per heavy atom. The third-order valence-corrected chi connectivity index (χ3v) is 6.93. The van der Waals surface area contributed by atoms with Crippen molar-refractivity contribution >= 4 is 17.8 Å². The summed E-state index contributed by atoms with van der Waals surface area (Å²) in [6.07, 6.45) is 16.8. The summed E-state index contributed by atoms with van der Waals surface area (Å²) >= 11 is 0. The highest BCUT2D eigenvalue weighted by Crippen LogP contribution is 2.31. The molecule has 3 unspecified atom stereocenters. The van der Waals surface area contributed by atoms with Crippen LogP contribution in [0.3, 0.4) is 0 Å². The SMILES string of the molecule is C/C=C\C1=CCC(C)=N1.CCC[C@@H](C)CCCCCC(C)CC(C)C(=O)C(C)(C)C(O)CC=O. The first-order chi connectivity index (χ1) is 16.0. The van der Waals surface area contributed by atoms with Crippen molar-refractivity contribution in [2.45, 2.75) is 126 Å². The van der Waals surface area contributed by atoms with Gasteiger partial charge in [-0.3, -0.25) is 9.79 Å². The molecule has 34 heavy (non-hydrogen) atoms. The second-order valence-electron chi connectivity index (χ2n) is 11.0. The number of allylic oxidation sites excluding steroid dienone is 3.